The standard InChI is InChI=1S/C14H18N4O2/c1-8(13(16)19)18-14(20)11(15)6-9-7-17-12-5-3-2-4-10(9)12/h2-5,7-8,11,17H,6,15H2,1H3,(H2,16,19)(H,18,20). The zero-order chi connectivity index (χ0) is 14.7. The molecule has 2 amide bonds. The molecule has 0 spiro atoms. The Morgan fingerprint density at radius 1 is 1.35 bits per heavy atom. The first kappa shape index (κ1) is 14.1. The van der Waals surface area contributed by atoms with E-state index >= 15 is 0 Å². The van der Waals surface area contributed by atoms with E-state index in [1.807, 2.05) is 30.5 Å². The predicted octanol–water partition coefficient (Wildman–Crippen LogP) is 0.0277. The quantitative estimate of drug-likeness (QED) is 0.616. The Balaban J connectivity index is 2.06. The molecule has 106 valence electrons. The fraction of sp³-hybridized carbons (Fsp3) is 0.286. The highest BCUT2D eigenvalue weighted by atomic mass is 16.2. The molecule has 2 aromatic rings. The monoisotopic (exact) mass is 274 g/mol. The molecule has 6 nitrogen and oxygen atoms in total. The maximum atomic E-state index is 11.9. The van der Waals surface area contributed by atoms with Crippen molar-refractivity contribution >= 4 is 22.7 Å². The molecule has 2 unspecified atom stereocenters. The van der Waals surface area contributed by atoms with E-state index in [0.29, 0.717) is 6.42 Å². The first-order valence-electron chi connectivity index (χ1n) is 6.39. The molecule has 2 rings (SSSR count). The Morgan fingerprint density at radius 2 is 2.05 bits per heavy atom. The SMILES string of the molecule is CC(NC(=O)C(N)Cc1c[nH]c2ccccc12)C(N)=O. The molecule has 0 aliphatic heterocycles. The Kier molecular flexibility index (Phi) is 4.05. The van der Waals surface area contributed by atoms with E-state index in [-0.39, 0.29) is 5.91 Å². The minimum Gasteiger partial charge on any atom is -0.368 e. The summed E-state index contributed by atoms with van der Waals surface area (Å²) in [6, 6.07) is 6.34. The molecule has 0 saturated carbocycles. The van der Waals surface area contributed by atoms with Crippen LogP contribution in [0.25, 0.3) is 10.9 Å². The molecule has 0 fully saturated rings. The Bertz CT molecular complexity index is 635. The van der Waals surface area contributed by atoms with E-state index in [1.54, 1.807) is 0 Å². The number of nitrogens with two attached hydrogens (primary N) is 2. The second-order valence-electron chi connectivity index (χ2n) is 4.80. The van der Waals surface area contributed by atoms with Crippen molar-refractivity contribution in [2.24, 2.45) is 11.5 Å². The van der Waals surface area contributed by atoms with Crippen LogP contribution in [-0.4, -0.2) is 28.9 Å². The summed E-state index contributed by atoms with van der Waals surface area (Å²) in [5.41, 5.74) is 12.9. The molecule has 0 aliphatic carbocycles. The van der Waals surface area contributed by atoms with Crippen molar-refractivity contribution < 1.29 is 9.59 Å². The number of aromatic amines is 1. The van der Waals surface area contributed by atoms with Crippen LogP contribution in [0.3, 0.4) is 0 Å². The average Bonchev–Trinajstić information content (AvgIpc) is 2.82. The van der Waals surface area contributed by atoms with Gasteiger partial charge in [-0.1, -0.05) is 18.2 Å². The number of benzene rings is 1. The van der Waals surface area contributed by atoms with Crippen LogP contribution in [0.2, 0.25) is 0 Å². The molecule has 20 heavy (non-hydrogen) atoms. The lowest BCUT2D eigenvalue weighted by Gasteiger charge is -2.15. The van der Waals surface area contributed by atoms with Gasteiger partial charge >= 0.3 is 0 Å². The summed E-state index contributed by atoms with van der Waals surface area (Å²) in [6.45, 7) is 1.53. The highest BCUT2D eigenvalue weighted by Crippen LogP contribution is 2.18. The van der Waals surface area contributed by atoms with Crippen molar-refractivity contribution in [2.45, 2.75) is 25.4 Å². The molecule has 2 atom stereocenters. The normalized spacial score (nSPS) is 13.9. The molecule has 6 N–H and O–H groups in total. The van der Waals surface area contributed by atoms with Crippen LogP contribution in [0, 0.1) is 0 Å². The number of carbonyl (C=O) groups excluding carboxylic acids is 2. The van der Waals surface area contributed by atoms with Crippen molar-refractivity contribution in [3.05, 3.63) is 36.0 Å². The summed E-state index contributed by atoms with van der Waals surface area (Å²) in [5.74, 6) is -0.973. The number of hydrogen-bond acceptors (Lipinski definition) is 3. The minimum absolute atomic E-state index is 0.387. The van der Waals surface area contributed by atoms with Crippen molar-refractivity contribution in [1.29, 1.82) is 0 Å². The Hall–Kier alpha value is -2.34. The van der Waals surface area contributed by atoms with Gasteiger partial charge in [0.05, 0.1) is 6.04 Å². The number of fused-ring (bicyclic) bond motifs is 1. The second kappa shape index (κ2) is 5.75. The van der Waals surface area contributed by atoms with Gasteiger partial charge in [-0.25, -0.2) is 0 Å². The molecule has 1 heterocycles. The summed E-state index contributed by atoms with van der Waals surface area (Å²) in [7, 11) is 0. The first-order valence-corrected chi connectivity index (χ1v) is 6.39. The largest absolute Gasteiger partial charge is 0.368 e. The van der Waals surface area contributed by atoms with Crippen molar-refractivity contribution in [1.82, 2.24) is 10.3 Å². The van der Waals surface area contributed by atoms with Gasteiger partial charge in [0.15, 0.2) is 0 Å². The zero-order valence-electron chi connectivity index (χ0n) is 11.2. The number of nitrogens with one attached hydrogen (secondary N) is 2. The van der Waals surface area contributed by atoms with Crippen LogP contribution in [0.5, 0.6) is 0 Å². The van der Waals surface area contributed by atoms with E-state index in [2.05, 4.69) is 10.3 Å². The molecule has 6 heteroatoms. The second-order valence-corrected chi connectivity index (χ2v) is 4.80. The molecule has 1 aromatic carbocycles. The van der Waals surface area contributed by atoms with Gasteiger partial charge in [0.25, 0.3) is 0 Å². The minimum atomic E-state index is -0.726. The van der Waals surface area contributed by atoms with E-state index in [4.69, 9.17) is 11.5 Å². The van der Waals surface area contributed by atoms with E-state index in [0.717, 1.165) is 16.5 Å². The van der Waals surface area contributed by atoms with Gasteiger partial charge in [-0.05, 0) is 25.0 Å². The van der Waals surface area contributed by atoms with Gasteiger partial charge in [-0.2, -0.15) is 0 Å². The van der Waals surface area contributed by atoms with Gasteiger partial charge in [-0.3, -0.25) is 9.59 Å². The maximum Gasteiger partial charge on any atom is 0.239 e. The Labute approximate surface area is 116 Å². The van der Waals surface area contributed by atoms with Gasteiger partial charge in [0.2, 0.25) is 11.8 Å². The van der Waals surface area contributed by atoms with E-state index < -0.39 is 18.0 Å². The van der Waals surface area contributed by atoms with Gasteiger partial charge in [-0.15, -0.1) is 0 Å². The topological polar surface area (TPSA) is 114 Å². The van der Waals surface area contributed by atoms with Crippen LogP contribution < -0.4 is 16.8 Å². The molecule has 0 bridgehead atoms. The third kappa shape index (κ3) is 2.97. The third-order valence-electron chi connectivity index (χ3n) is 3.24. The molecule has 1 aromatic heterocycles. The highest BCUT2D eigenvalue weighted by molar-refractivity contribution is 5.89. The fourth-order valence-corrected chi connectivity index (χ4v) is 2.02. The third-order valence-corrected chi connectivity index (χ3v) is 3.24. The number of para-hydroxylation sites is 1. The number of aromatic nitrogens is 1. The fourth-order valence-electron chi connectivity index (χ4n) is 2.02. The number of primary amides is 1. The lowest BCUT2D eigenvalue weighted by atomic mass is 10.0. The van der Waals surface area contributed by atoms with Gasteiger partial charge in [0.1, 0.15) is 6.04 Å². The van der Waals surface area contributed by atoms with Crippen LogP contribution in [0.15, 0.2) is 30.5 Å². The van der Waals surface area contributed by atoms with Crippen molar-refractivity contribution in [2.75, 3.05) is 0 Å². The summed E-state index contributed by atoms with van der Waals surface area (Å²) in [5, 5.41) is 3.53. The number of hydrogen-bond donors (Lipinski definition) is 4. The highest BCUT2D eigenvalue weighted by Gasteiger charge is 2.19. The zero-order valence-corrected chi connectivity index (χ0v) is 11.2. The number of carbonyl (C=O) groups is 2. The van der Waals surface area contributed by atoms with Crippen LogP contribution >= 0.6 is 0 Å². The van der Waals surface area contributed by atoms with Crippen molar-refractivity contribution in [3.63, 3.8) is 0 Å². The predicted molar refractivity (Wildman–Crippen MR) is 76.8 cm³/mol. The molecule has 0 aliphatic rings. The van der Waals surface area contributed by atoms with Crippen molar-refractivity contribution in [3.8, 4) is 0 Å². The Morgan fingerprint density at radius 3 is 2.75 bits per heavy atom. The number of rotatable bonds is 5. The smallest absolute Gasteiger partial charge is 0.239 e. The summed E-state index contributed by atoms with van der Waals surface area (Å²) >= 11 is 0. The van der Waals surface area contributed by atoms with E-state index in [9.17, 15) is 9.59 Å². The van der Waals surface area contributed by atoms with Crippen LogP contribution in [0.4, 0.5) is 0 Å². The number of H-pyrrole nitrogens is 1. The van der Waals surface area contributed by atoms with E-state index in [1.165, 1.54) is 6.92 Å². The lowest BCUT2D eigenvalue weighted by molar-refractivity contribution is -0.127. The van der Waals surface area contributed by atoms with Gasteiger partial charge < -0.3 is 21.8 Å². The maximum absolute atomic E-state index is 11.9. The van der Waals surface area contributed by atoms with Crippen LogP contribution in [0.1, 0.15) is 12.5 Å². The number of amides is 2. The molecular weight excluding hydrogens is 256 g/mol. The molecule has 0 saturated heterocycles. The summed E-state index contributed by atoms with van der Waals surface area (Å²) < 4.78 is 0. The summed E-state index contributed by atoms with van der Waals surface area (Å²) in [4.78, 5) is 25.9. The average molecular weight is 274 g/mol. The summed E-state index contributed by atoms with van der Waals surface area (Å²) in [6.07, 6.45) is 2.23. The first-order chi connectivity index (χ1) is 9.49. The lowest BCUT2D eigenvalue weighted by Crippen LogP contribution is -2.49. The van der Waals surface area contributed by atoms with Gasteiger partial charge in [0, 0.05) is 17.1 Å². The van der Waals surface area contributed by atoms with Crippen LogP contribution in [-0.2, 0) is 16.0 Å². The molecular formula is C14H18N4O2. The molecule has 0 radical (unpaired) electrons.